The molecular weight excluding hydrogens is 270 g/mol. The highest BCUT2D eigenvalue weighted by Gasteiger charge is 2.15. The van der Waals surface area contributed by atoms with Crippen LogP contribution in [-0.4, -0.2) is 24.3 Å². The summed E-state index contributed by atoms with van der Waals surface area (Å²) in [4.78, 5) is 4.08. The molecule has 0 fully saturated rings. The molecule has 0 unspecified atom stereocenters. The Balaban J connectivity index is 2.26. The molecule has 1 aromatic rings. The molecule has 0 radical (unpaired) electrons. The van der Waals surface area contributed by atoms with Crippen LogP contribution >= 0.6 is 15.9 Å². The van der Waals surface area contributed by atoms with Gasteiger partial charge < -0.3 is 9.47 Å². The highest BCUT2D eigenvalue weighted by molar-refractivity contribution is 9.10. The standard InChI is InChI=1S/C12H18BrNO2/c1-12(2,15-3)4-5-16-9-10-6-11(13)8-14-7-10/h6-8H,4-5,9H2,1-3H3. The van der Waals surface area contributed by atoms with Crippen molar-refractivity contribution in [2.24, 2.45) is 0 Å². The van der Waals surface area contributed by atoms with Crippen molar-refractivity contribution in [2.45, 2.75) is 32.5 Å². The smallest absolute Gasteiger partial charge is 0.0732 e. The second-order valence-corrected chi connectivity index (χ2v) is 5.19. The average molecular weight is 288 g/mol. The molecule has 1 heterocycles. The van der Waals surface area contributed by atoms with Gasteiger partial charge in [0, 0.05) is 30.6 Å². The van der Waals surface area contributed by atoms with Crippen LogP contribution in [-0.2, 0) is 16.1 Å². The van der Waals surface area contributed by atoms with Gasteiger partial charge in [0.15, 0.2) is 0 Å². The predicted octanol–water partition coefficient (Wildman–Crippen LogP) is 3.18. The molecule has 0 N–H and O–H groups in total. The first-order valence-electron chi connectivity index (χ1n) is 5.26. The second kappa shape index (κ2) is 6.33. The third-order valence-corrected chi connectivity index (χ3v) is 2.86. The summed E-state index contributed by atoms with van der Waals surface area (Å²) in [6.07, 6.45) is 4.45. The summed E-state index contributed by atoms with van der Waals surface area (Å²) in [5.74, 6) is 0. The molecule has 0 aliphatic rings. The fourth-order valence-corrected chi connectivity index (χ4v) is 1.56. The van der Waals surface area contributed by atoms with Crippen LogP contribution in [0.3, 0.4) is 0 Å². The predicted molar refractivity (Wildman–Crippen MR) is 67.3 cm³/mol. The molecule has 0 spiro atoms. The van der Waals surface area contributed by atoms with Gasteiger partial charge in [0.1, 0.15) is 0 Å². The minimum absolute atomic E-state index is 0.116. The van der Waals surface area contributed by atoms with Gasteiger partial charge in [-0.15, -0.1) is 0 Å². The van der Waals surface area contributed by atoms with Crippen molar-refractivity contribution in [3.8, 4) is 0 Å². The lowest BCUT2D eigenvalue weighted by Gasteiger charge is -2.22. The number of hydrogen-bond acceptors (Lipinski definition) is 3. The van der Waals surface area contributed by atoms with E-state index in [0.717, 1.165) is 16.5 Å². The normalized spacial score (nSPS) is 11.8. The third kappa shape index (κ3) is 5.05. The number of rotatable bonds is 6. The summed E-state index contributed by atoms with van der Waals surface area (Å²) < 4.78 is 11.9. The zero-order valence-corrected chi connectivity index (χ0v) is 11.6. The van der Waals surface area contributed by atoms with E-state index in [1.54, 1.807) is 13.3 Å². The van der Waals surface area contributed by atoms with Gasteiger partial charge in [0.25, 0.3) is 0 Å². The molecule has 90 valence electrons. The van der Waals surface area contributed by atoms with Gasteiger partial charge in [-0.25, -0.2) is 0 Å². The maximum Gasteiger partial charge on any atom is 0.0732 e. The number of nitrogens with zero attached hydrogens (tertiary/aromatic N) is 1. The molecule has 4 heteroatoms. The Morgan fingerprint density at radius 3 is 2.75 bits per heavy atom. The minimum Gasteiger partial charge on any atom is -0.379 e. The average Bonchev–Trinajstić information content (AvgIpc) is 2.25. The van der Waals surface area contributed by atoms with Gasteiger partial charge in [0.2, 0.25) is 0 Å². The van der Waals surface area contributed by atoms with E-state index < -0.39 is 0 Å². The van der Waals surface area contributed by atoms with Gasteiger partial charge in [-0.2, -0.15) is 0 Å². The Kier molecular flexibility index (Phi) is 5.38. The zero-order chi connectivity index (χ0) is 12.0. The van der Waals surface area contributed by atoms with Gasteiger partial charge in [-0.3, -0.25) is 4.98 Å². The maximum atomic E-state index is 5.57. The van der Waals surface area contributed by atoms with Crippen LogP contribution in [0.4, 0.5) is 0 Å². The minimum atomic E-state index is -0.116. The van der Waals surface area contributed by atoms with Gasteiger partial charge in [-0.05, 0) is 47.8 Å². The first kappa shape index (κ1) is 13.6. The fourth-order valence-electron chi connectivity index (χ4n) is 1.14. The molecule has 16 heavy (non-hydrogen) atoms. The van der Waals surface area contributed by atoms with Crippen LogP contribution in [0, 0.1) is 0 Å². The van der Waals surface area contributed by atoms with E-state index in [4.69, 9.17) is 9.47 Å². The van der Waals surface area contributed by atoms with E-state index in [1.807, 2.05) is 12.3 Å². The molecule has 0 saturated heterocycles. The first-order valence-corrected chi connectivity index (χ1v) is 6.05. The van der Waals surface area contributed by atoms with Crippen molar-refractivity contribution < 1.29 is 9.47 Å². The number of hydrogen-bond donors (Lipinski definition) is 0. The van der Waals surface area contributed by atoms with Crippen molar-refractivity contribution in [3.05, 3.63) is 28.5 Å². The first-order chi connectivity index (χ1) is 7.53. The molecule has 0 aromatic carbocycles. The molecule has 0 saturated carbocycles. The third-order valence-electron chi connectivity index (χ3n) is 2.43. The lowest BCUT2D eigenvalue weighted by Crippen LogP contribution is -2.24. The second-order valence-electron chi connectivity index (χ2n) is 4.28. The van der Waals surface area contributed by atoms with E-state index in [1.165, 1.54) is 0 Å². The summed E-state index contributed by atoms with van der Waals surface area (Å²) in [7, 11) is 1.72. The van der Waals surface area contributed by atoms with Crippen molar-refractivity contribution in [1.29, 1.82) is 0 Å². The van der Waals surface area contributed by atoms with Crippen LogP contribution in [0.2, 0.25) is 0 Å². The molecule has 3 nitrogen and oxygen atoms in total. The number of pyridine rings is 1. The topological polar surface area (TPSA) is 31.4 Å². The molecule has 0 atom stereocenters. The highest BCUT2D eigenvalue weighted by atomic mass is 79.9. The highest BCUT2D eigenvalue weighted by Crippen LogP contribution is 2.14. The van der Waals surface area contributed by atoms with Crippen molar-refractivity contribution in [1.82, 2.24) is 4.98 Å². The Morgan fingerprint density at radius 2 is 2.12 bits per heavy atom. The molecule has 0 amide bonds. The molecule has 1 rings (SSSR count). The number of methoxy groups -OCH3 is 1. The van der Waals surface area contributed by atoms with E-state index in [0.29, 0.717) is 13.2 Å². The fraction of sp³-hybridized carbons (Fsp3) is 0.583. The monoisotopic (exact) mass is 287 g/mol. The van der Waals surface area contributed by atoms with E-state index in [2.05, 4.69) is 34.8 Å². The van der Waals surface area contributed by atoms with Gasteiger partial charge >= 0.3 is 0 Å². The van der Waals surface area contributed by atoms with Gasteiger partial charge in [0.05, 0.1) is 12.2 Å². The molecule has 0 aliphatic carbocycles. The van der Waals surface area contributed by atoms with Crippen molar-refractivity contribution in [2.75, 3.05) is 13.7 Å². The quantitative estimate of drug-likeness (QED) is 0.753. The zero-order valence-electron chi connectivity index (χ0n) is 10.00. The number of ether oxygens (including phenoxy) is 2. The Labute approximate surface area is 105 Å². The van der Waals surface area contributed by atoms with Crippen LogP contribution < -0.4 is 0 Å². The summed E-state index contributed by atoms with van der Waals surface area (Å²) in [5.41, 5.74) is 0.958. The maximum absolute atomic E-state index is 5.57. The summed E-state index contributed by atoms with van der Waals surface area (Å²) in [5, 5.41) is 0. The van der Waals surface area contributed by atoms with Crippen LogP contribution in [0.25, 0.3) is 0 Å². The van der Waals surface area contributed by atoms with E-state index in [9.17, 15) is 0 Å². The van der Waals surface area contributed by atoms with Crippen LogP contribution in [0.5, 0.6) is 0 Å². The van der Waals surface area contributed by atoms with Gasteiger partial charge in [-0.1, -0.05) is 0 Å². The molecule has 0 bridgehead atoms. The molecule has 0 aliphatic heterocycles. The number of aromatic nitrogens is 1. The van der Waals surface area contributed by atoms with Crippen molar-refractivity contribution in [3.63, 3.8) is 0 Å². The SMILES string of the molecule is COC(C)(C)CCOCc1cncc(Br)c1. The largest absolute Gasteiger partial charge is 0.379 e. The Hall–Kier alpha value is -0.450. The van der Waals surface area contributed by atoms with Crippen LogP contribution in [0.15, 0.2) is 22.9 Å². The lowest BCUT2D eigenvalue weighted by atomic mass is 10.1. The Morgan fingerprint density at radius 1 is 1.38 bits per heavy atom. The molecular formula is C12H18BrNO2. The molecule has 1 aromatic heterocycles. The number of halogens is 1. The van der Waals surface area contributed by atoms with E-state index >= 15 is 0 Å². The summed E-state index contributed by atoms with van der Waals surface area (Å²) in [6, 6.07) is 2.01. The summed E-state index contributed by atoms with van der Waals surface area (Å²) >= 11 is 3.38. The summed E-state index contributed by atoms with van der Waals surface area (Å²) in [6.45, 7) is 5.38. The van der Waals surface area contributed by atoms with E-state index in [-0.39, 0.29) is 5.60 Å². The van der Waals surface area contributed by atoms with Crippen LogP contribution in [0.1, 0.15) is 25.8 Å². The Bertz CT molecular complexity index is 329. The van der Waals surface area contributed by atoms with Crippen molar-refractivity contribution >= 4 is 15.9 Å². The lowest BCUT2D eigenvalue weighted by molar-refractivity contribution is -0.0124.